The predicted octanol–water partition coefficient (Wildman–Crippen LogP) is 2.65. The first-order valence-corrected chi connectivity index (χ1v) is 7.91. The van der Waals surface area contributed by atoms with E-state index in [1.165, 1.54) is 11.5 Å². The van der Waals surface area contributed by atoms with Gasteiger partial charge in [0.1, 0.15) is 10.8 Å². The molecule has 3 heterocycles. The minimum atomic E-state index is 0.257. The normalized spacial score (nSPS) is 22.5. The second-order valence-electron chi connectivity index (χ2n) is 5.47. The van der Waals surface area contributed by atoms with Crippen LogP contribution in [0.15, 0.2) is 24.5 Å². The zero-order valence-electron chi connectivity index (χ0n) is 12.3. The fourth-order valence-corrected chi connectivity index (χ4v) is 3.70. The maximum Gasteiger partial charge on any atom is 0.147 e. The number of ether oxygens (including phenoxy) is 1. The summed E-state index contributed by atoms with van der Waals surface area (Å²) in [5, 5.41) is 1.13. The van der Waals surface area contributed by atoms with Gasteiger partial charge >= 0.3 is 0 Å². The third kappa shape index (κ3) is 2.73. The van der Waals surface area contributed by atoms with Crippen LogP contribution in [-0.4, -0.2) is 35.7 Å². The Hall–Kier alpha value is -1.66. The average Bonchev–Trinajstić information content (AvgIpc) is 2.90. The molecule has 0 amide bonds. The zero-order chi connectivity index (χ0) is 14.8. The van der Waals surface area contributed by atoms with Crippen LogP contribution >= 0.6 is 11.5 Å². The number of pyridine rings is 1. The van der Waals surface area contributed by atoms with E-state index in [9.17, 15) is 0 Å². The maximum atomic E-state index is 6.10. The van der Waals surface area contributed by atoms with Crippen molar-refractivity contribution in [2.24, 2.45) is 5.92 Å². The molecule has 0 aromatic carbocycles. The Bertz CT molecular complexity index is 601. The first-order valence-electron chi connectivity index (χ1n) is 7.14. The van der Waals surface area contributed by atoms with E-state index in [2.05, 4.69) is 21.2 Å². The van der Waals surface area contributed by atoms with Gasteiger partial charge in [0, 0.05) is 32.6 Å². The summed E-state index contributed by atoms with van der Waals surface area (Å²) in [4.78, 5) is 6.42. The number of hydrogen-bond acceptors (Lipinski definition) is 6. The molecule has 2 N–H and O–H groups in total. The largest absolute Gasteiger partial charge is 0.382 e. The summed E-state index contributed by atoms with van der Waals surface area (Å²) in [5.41, 5.74) is 8.18. The van der Waals surface area contributed by atoms with Gasteiger partial charge in [-0.05, 0) is 41.6 Å². The number of hydrogen-bond donors (Lipinski definition) is 1. The number of methoxy groups -OCH3 is 1. The summed E-state index contributed by atoms with van der Waals surface area (Å²) < 4.78 is 9.96. The summed E-state index contributed by atoms with van der Waals surface area (Å²) in [6.45, 7) is 4.15. The topological polar surface area (TPSA) is 64.3 Å². The fourth-order valence-electron chi connectivity index (χ4n) is 2.82. The number of piperidine rings is 1. The molecule has 2 atom stereocenters. The summed E-state index contributed by atoms with van der Waals surface area (Å²) in [7, 11) is 1.79. The summed E-state index contributed by atoms with van der Waals surface area (Å²) >= 11 is 1.47. The summed E-state index contributed by atoms with van der Waals surface area (Å²) in [6.07, 6.45) is 4.94. The highest BCUT2D eigenvalue weighted by atomic mass is 32.1. The van der Waals surface area contributed by atoms with Crippen molar-refractivity contribution < 1.29 is 4.74 Å². The van der Waals surface area contributed by atoms with Crippen molar-refractivity contribution >= 4 is 22.4 Å². The summed E-state index contributed by atoms with van der Waals surface area (Å²) in [5.74, 6) is 1.18. The van der Waals surface area contributed by atoms with Gasteiger partial charge in [-0.15, -0.1) is 0 Å². The fraction of sp³-hybridized carbons (Fsp3) is 0.467. The van der Waals surface area contributed by atoms with Crippen molar-refractivity contribution in [1.29, 1.82) is 0 Å². The van der Waals surface area contributed by atoms with Crippen LogP contribution in [0.5, 0.6) is 0 Å². The number of rotatable bonds is 3. The molecule has 1 saturated heterocycles. The lowest BCUT2D eigenvalue weighted by molar-refractivity contribution is 0.0500. The second-order valence-corrected chi connectivity index (χ2v) is 6.22. The van der Waals surface area contributed by atoms with Crippen molar-refractivity contribution in [1.82, 2.24) is 9.36 Å². The van der Waals surface area contributed by atoms with Gasteiger partial charge in [0.15, 0.2) is 0 Å². The van der Waals surface area contributed by atoms with E-state index in [1.807, 2.05) is 12.1 Å². The molecule has 1 aliphatic rings. The third-order valence-electron chi connectivity index (χ3n) is 4.15. The number of nitrogens with two attached hydrogens (primary N) is 1. The van der Waals surface area contributed by atoms with E-state index < -0.39 is 0 Å². The summed E-state index contributed by atoms with van der Waals surface area (Å²) in [6, 6.07) is 3.95. The molecule has 0 bridgehead atoms. The molecule has 2 aromatic rings. The number of nitrogens with zero attached hydrogens (tertiary/aromatic N) is 3. The highest BCUT2D eigenvalue weighted by Gasteiger charge is 2.29. The molecule has 21 heavy (non-hydrogen) atoms. The third-order valence-corrected chi connectivity index (χ3v) is 5.07. The first kappa shape index (κ1) is 14.3. The maximum absolute atomic E-state index is 6.10. The van der Waals surface area contributed by atoms with Crippen molar-refractivity contribution in [3.63, 3.8) is 0 Å². The quantitative estimate of drug-likeness (QED) is 0.944. The standard InChI is InChI=1S/C15H20N4OS/c1-10-5-8-19(9-12(10)20-2)15-13(14(16)18-21-15)11-3-6-17-7-4-11/h3-4,6-7,10,12H,5,8-9H2,1-2H3,(H2,16,18). The van der Waals surface area contributed by atoms with Crippen molar-refractivity contribution in [2.45, 2.75) is 19.4 Å². The van der Waals surface area contributed by atoms with Crippen molar-refractivity contribution in [2.75, 3.05) is 30.8 Å². The van der Waals surface area contributed by atoms with Gasteiger partial charge in [-0.2, -0.15) is 4.37 Å². The predicted molar refractivity (Wildman–Crippen MR) is 86.5 cm³/mol. The molecule has 6 heteroatoms. The highest BCUT2D eigenvalue weighted by molar-refractivity contribution is 7.11. The molecular weight excluding hydrogens is 284 g/mol. The minimum absolute atomic E-state index is 0.257. The van der Waals surface area contributed by atoms with Crippen LogP contribution in [0.25, 0.3) is 11.1 Å². The van der Waals surface area contributed by atoms with E-state index in [1.54, 1.807) is 19.5 Å². The Morgan fingerprint density at radius 1 is 1.38 bits per heavy atom. The monoisotopic (exact) mass is 304 g/mol. The molecule has 0 radical (unpaired) electrons. The van der Waals surface area contributed by atoms with Crippen LogP contribution in [0.1, 0.15) is 13.3 Å². The van der Waals surface area contributed by atoms with Gasteiger partial charge in [0.05, 0.1) is 11.7 Å². The van der Waals surface area contributed by atoms with Gasteiger partial charge in [-0.25, -0.2) is 0 Å². The SMILES string of the molecule is COC1CN(c2snc(N)c2-c2ccncc2)CCC1C. The van der Waals surface area contributed by atoms with Crippen molar-refractivity contribution in [3.8, 4) is 11.1 Å². The minimum Gasteiger partial charge on any atom is -0.382 e. The number of nitrogen functional groups attached to an aromatic ring is 1. The van der Waals surface area contributed by atoms with Crippen LogP contribution in [0.4, 0.5) is 10.8 Å². The Morgan fingerprint density at radius 2 is 2.14 bits per heavy atom. The van der Waals surface area contributed by atoms with E-state index in [0.717, 1.165) is 35.6 Å². The smallest absolute Gasteiger partial charge is 0.147 e. The lowest BCUT2D eigenvalue weighted by Gasteiger charge is -2.37. The van der Waals surface area contributed by atoms with Gasteiger partial charge < -0.3 is 15.4 Å². The van der Waals surface area contributed by atoms with Crippen LogP contribution in [0.2, 0.25) is 0 Å². The van der Waals surface area contributed by atoms with Gasteiger partial charge in [0.25, 0.3) is 0 Å². The molecule has 0 aliphatic carbocycles. The molecule has 5 nitrogen and oxygen atoms in total. The Kier molecular flexibility index (Phi) is 4.07. The molecule has 112 valence electrons. The van der Waals surface area contributed by atoms with Crippen LogP contribution in [-0.2, 0) is 4.74 Å². The lowest BCUT2D eigenvalue weighted by atomic mass is 9.95. The number of anilines is 2. The van der Waals surface area contributed by atoms with E-state index in [4.69, 9.17) is 10.5 Å². The first-order chi connectivity index (χ1) is 10.2. The Morgan fingerprint density at radius 3 is 2.86 bits per heavy atom. The van der Waals surface area contributed by atoms with Crippen LogP contribution in [0.3, 0.4) is 0 Å². The molecule has 1 fully saturated rings. The van der Waals surface area contributed by atoms with E-state index in [-0.39, 0.29) is 6.10 Å². The Labute approximate surface area is 128 Å². The molecule has 2 unspecified atom stereocenters. The number of aromatic nitrogens is 2. The van der Waals surface area contributed by atoms with Gasteiger partial charge in [0.2, 0.25) is 0 Å². The molecule has 0 spiro atoms. The second kappa shape index (κ2) is 5.99. The van der Waals surface area contributed by atoms with Crippen LogP contribution in [0, 0.1) is 5.92 Å². The Balaban J connectivity index is 1.93. The average molecular weight is 304 g/mol. The molecular formula is C15H20N4OS. The van der Waals surface area contributed by atoms with E-state index >= 15 is 0 Å². The van der Waals surface area contributed by atoms with E-state index in [0.29, 0.717) is 11.7 Å². The lowest BCUT2D eigenvalue weighted by Crippen LogP contribution is -2.43. The van der Waals surface area contributed by atoms with Crippen molar-refractivity contribution in [3.05, 3.63) is 24.5 Å². The molecule has 1 aliphatic heterocycles. The molecule has 0 saturated carbocycles. The zero-order valence-corrected chi connectivity index (χ0v) is 13.1. The van der Waals surface area contributed by atoms with Gasteiger partial charge in [-0.1, -0.05) is 6.92 Å². The highest BCUT2D eigenvalue weighted by Crippen LogP contribution is 2.40. The molecule has 3 rings (SSSR count). The van der Waals surface area contributed by atoms with Crippen LogP contribution < -0.4 is 10.6 Å². The van der Waals surface area contributed by atoms with Gasteiger partial charge in [-0.3, -0.25) is 4.98 Å². The molecule has 2 aromatic heterocycles.